The van der Waals surface area contributed by atoms with Crippen LogP contribution in [0.15, 0.2) is 12.1 Å². The van der Waals surface area contributed by atoms with E-state index in [0.717, 1.165) is 12.1 Å². The number of carbonyl (C=O) groups is 1. The summed E-state index contributed by atoms with van der Waals surface area (Å²) >= 11 is 0. The molecule has 0 unspecified atom stereocenters. The number of aliphatic hydroxyl groups is 1. The molecule has 7 heteroatoms. The van der Waals surface area contributed by atoms with Crippen molar-refractivity contribution in [3.63, 3.8) is 0 Å². The van der Waals surface area contributed by atoms with E-state index in [1.165, 1.54) is 7.11 Å². The molecule has 0 atom stereocenters. The molecule has 0 bridgehead atoms. The van der Waals surface area contributed by atoms with Gasteiger partial charge in [0.2, 0.25) is 0 Å². The number of anilines is 1. The van der Waals surface area contributed by atoms with Gasteiger partial charge in [-0.2, -0.15) is 0 Å². The quantitative estimate of drug-likeness (QED) is 0.756. The van der Waals surface area contributed by atoms with Gasteiger partial charge < -0.3 is 20.5 Å². The summed E-state index contributed by atoms with van der Waals surface area (Å²) in [6.45, 7) is 3.61. The smallest absolute Gasteiger partial charge is 0.319 e. The summed E-state index contributed by atoms with van der Waals surface area (Å²) in [6, 6.07) is 0.956. The van der Waals surface area contributed by atoms with E-state index in [-0.39, 0.29) is 18.0 Å². The van der Waals surface area contributed by atoms with E-state index < -0.39 is 23.3 Å². The molecule has 0 aromatic heterocycles. The van der Waals surface area contributed by atoms with Gasteiger partial charge in [0.05, 0.1) is 18.4 Å². The normalized spacial score (nSPS) is 11.1. The third kappa shape index (κ3) is 4.56. The molecule has 0 radical (unpaired) electrons. The monoisotopic (exact) mass is 302 g/mol. The van der Waals surface area contributed by atoms with Gasteiger partial charge >= 0.3 is 6.03 Å². The lowest BCUT2D eigenvalue weighted by molar-refractivity contribution is 0.0354. The van der Waals surface area contributed by atoms with Crippen molar-refractivity contribution in [2.24, 2.45) is 0 Å². The van der Waals surface area contributed by atoms with Gasteiger partial charge in [0.25, 0.3) is 0 Å². The van der Waals surface area contributed by atoms with Crippen molar-refractivity contribution in [3.05, 3.63) is 23.8 Å². The molecular formula is C14H20F2N2O3. The van der Waals surface area contributed by atoms with Crippen LogP contribution >= 0.6 is 0 Å². The molecule has 5 nitrogen and oxygen atoms in total. The van der Waals surface area contributed by atoms with Crippen molar-refractivity contribution in [1.82, 2.24) is 5.32 Å². The van der Waals surface area contributed by atoms with E-state index in [0.29, 0.717) is 12.8 Å². The van der Waals surface area contributed by atoms with Crippen LogP contribution in [0, 0.1) is 11.6 Å². The maximum atomic E-state index is 13.6. The fourth-order valence-electron chi connectivity index (χ4n) is 1.69. The number of benzene rings is 1. The summed E-state index contributed by atoms with van der Waals surface area (Å²) in [5.41, 5.74) is -1.32. The van der Waals surface area contributed by atoms with Crippen LogP contribution in [0.3, 0.4) is 0 Å². The first-order valence-corrected chi connectivity index (χ1v) is 6.65. The van der Waals surface area contributed by atoms with Crippen LogP contribution in [0.25, 0.3) is 0 Å². The lowest BCUT2D eigenvalue weighted by Gasteiger charge is -2.25. The second-order valence-corrected chi connectivity index (χ2v) is 4.71. The molecule has 1 aromatic carbocycles. The molecule has 21 heavy (non-hydrogen) atoms. The number of hydrogen-bond donors (Lipinski definition) is 3. The van der Waals surface area contributed by atoms with Crippen LogP contribution in [-0.4, -0.2) is 30.4 Å². The summed E-state index contributed by atoms with van der Waals surface area (Å²) in [7, 11) is 1.22. The van der Waals surface area contributed by atoms with Gasteiger partial charge in [-0.25, -0.2) is 13.6 Å². The highest BCUT2D eigenvalue weighted by atomic mass is 19.1. The molecule has 0 spiro atoms. The van der Waals surface area contributed by atoms with Gasteiger partial charge in [-0.05, 0) is 12.8 Å². The minimum atomic E-state index is -1.01. The standard InChI is InChI=1S/C14H20F2N2O3/c1-4-14(20,5-2)8-17-13(19)18-11-6-10(16)12(21-3)7-9(11)15/h6-7,20H,4-5,8H2,1-3H3,(H2,17,18,19). The minimum Gasteiger partial charge on any atom is -0.494 e. The molecule has 0 fully saturated rings. The molecule has 1 aromatic rings. The average molecular weight is 302 g/mol. The first kappa shape index (κ1) is 17.2. The van der Waals surface area contributed by atoms with Gasteiger partial charge in [0.1, 0.15) is 0 Å². The molecule has 118 valence electrons. The largest absolute Gasteiger partial charge is 0.494 e. The zero-order valence-corrected chi connectivity index (χ0v) is 12.3. The molecule has 0 saturated heterocycles. The molecular weight excluding hydrogens is 282 g/mol. The highest BCUT2D eigenvalue weighted by Gasteiger charge is 2.23. The van der Waals surface area contributed by atoms with Gasteiger partial charge in [-0.1, -0.05) is 13.8 Å². The van der Waals surface area contributed by atoms with Crippen molar-refractivity contribution in [2.75, 3.05) is 19.0 Å². The van der Waals surface area contributed by atoms with Crippen LogP contribution in [0.2, 0.25) is 0 Å². The summed E-state index contributed by atoms with van der Waals surface area (Å²) in [5.74, 6) is -1.85. The Labute approximate surface area is 122 Å². The Morgan fingerprint density at radius 1 is 1.29 bits per heavy atom. The Morgan fingerprint density at radius 2 is 1.90 bits per heavy atom. The van der Waals surface area contributed by atoms with E-state index >= 15 is 0 Å². The highest BCUT2D eigenvalue weighted by Crippen LogP contribution is 2.24. The molecule has 0 aliphatic heterocycles. The number of nitrogens with one attached hydrogen (secondary N) is 2. The summed E-state index contributed by atoms with van der Waals surface area (Å²) < 4.78 is 31.7. The first-order chi connectivity index (χ1) is 9.85. The lowest BCUT2D eigenvalue weighted by Crippen LogP contribution is -2.43. The molecule has 0 saturated carbocycles. The Balaban J connectivity index is 2.69. The SMILES string of the molecule is CCC(O)(CC)CNC(=O)Nc1cc(F)c(OC)cc1F. The number of hydrogen-bond acceptors (Lipinski definition) is 3. The maximum Gasteiger partial charge on any atom is 0.319 e. The maximum absolute atomic E-state index is 13.6. The minimum absolute atomic E-state index is 0.0199. The number of carbonyl (C=O) groups excluding carboxylic acids is 1. The Kier molecular flexibility index (Phi) is 5.90. The van der Waals surface area contributed by atoms with E-state index in [9.17, 15) is 18.7 Å². The van der Waals surface area contributed by atoms with Gasteiger partial charge in [-0.15, -0.1) is 0 Å². The molecule has 2 amide bonds. The van der Waals surface area contributed by atoms with Crippen LogP contribution in [-0.2, 0) is 0 Å². The first-order valence-electron chi connectivity index (χ1n) is 6.65. The highest BCUT2D eigenvalue weighted by molar-refractivity contribution is 5.89. The van der Waals surface area contributed by atoms with Gasteiger partial charge in [-0.3, -0.25) is 0 Å². The molecule has 0 aliphatic rings. The van der Waals surface area contributed by atoms with Crippen LogP contribution in [0.1, 0.15) is 26.7 Å². The fraction of sp³-hybridized carbons (Fsp3) is 0.500. The number of ether oxygens (including phenoxy) is 1. The Bertz CT molecular complexity index is 505. The average Bonchev–Trinajstić information content (AvgIpc) is 2.48. The molecule has 0 aliphatic carbocycles. The lowest BCUT2D eigenvalue weighted by atomic mass is 9.98. The number of rotatable bonds is 6. The second-order valence-electron chi connectivity index (χ2n) is 4.71. The summed E-state index contributed by atoms with van der Waals surface area (Å²) in [6.07, 6.45) is 0.935. The topological polar surface area (TPSA) is 70.6 Å². The van der Waals surface area contributed by atoms with Gasteiger partial charge in [0.15, 0.2) is 17.4 Å². The molecule has 1 rings (SSSR count). The zero-order valence-electron chi connectivity index (χ0n) is 12.3. The summed E-state index contributed by atoms with van der Waals surface area (Å²) in [5, 5.41) is 14.6. The zero-order chi connectivity index (χ0) is 16.0. The van der Waals surface area contributed by atoms with E-state index in [4.69, 9.17) is 0 Å². The summed E-state index contributed by atoms with van der Waals surface area (Å²) in [4.78, 5) is 11.7. The molecule has 3 N–H and O–H groups in total. The number of halogens is 2. The van der Waals surface area contributed by atoms with E-state index in [2.05, 4.69) is 15.4 Å². The van der Waals surface area contributed by atoms with E-state index in [1.807, 2.05) is 0 Å². The van der Waals surface area contributed by atoms with Crippen LogP contribution in [0.4, 0.5) is 19.3 Å². The predicted octanol–water partition coefficient (Wildman–Crippen LogP) is 2.65. The van der Waals surface area contributed by atoms with Crippen molar-refractivity contribution < 1.29 is 23.4 Å². The second kappa shape index (κ2) is 7.21. The molecule has 0 heterocycles. The van der Waals surface area contributed by atoms with Crippen LogP contribution < -0.4 is 15.4 Å². The van der Waals surface area contributed by atoms with Crippen molar-refractivity contribution in [1.29, 1.82) is 0 Å². The van der Waals surface area contributed by atoms with Crippen LogP contribution in [0.5, 0.6) is 5.75 Å². The van der Waals surface area contributed by atoms with Crippen molar-refractivity contribution in [3.8, 4) is 5.75 Å². The number of amides is 2. The number of methoxy groups -OCH3 is 1. The Hall–Kier alpha value is -1.89. The van der Waals surface area contributed by atoms with Crippen molar-refractivity contribution >= 4 is 11.7 Å². The van der Waals surface area contributed by atoms with E-state index in [1.54, 1.807) is 13.8 Å². The van der Waals surface area contributed by atoms with Crippen molar-refractivity contribution in [2.45, 2.75) is 32.3 Å². The number of urea groups is 1. The third-order valence-electron chi connectivity index (χ3n) is 3.38. The fourth-order valence-corrected chi connectivity index (χ4v) is 1.69. The third-order valence-corrected chi connectivity index (χ3v) is 3.38. The predicted molar refractivity (Wildman–Crippen MR) is 75.5 cm³/mol. The Morgan fingerprint density at radius 3 is 2.43 bits per heavy atom. The van der Waals surface area contributed by atoms with Gasteiger partial charge in [0, 0.05) is 18.7 Å².